The molecule has 0 amide bonds. The molecule has 8 nitrogen and oxygen atoms in total. The Balaban J connectivity index is 1.42. The zero-order valence-electron chi connectivity index (χ0n) is 19.6. The van der Waals surface area contributed by atoms with E-state index in [1.165, 1.54) is 35.1 Å². The maximum Gasteiger partial charge on any atom is 0.172 e. The Morgan fingerprint density at radius 1 is 1.03 bits per heavy atom. The number of thioether (sulfide) groups is 1. The molecule has 9 heteroatoms. The summed E-state index contributed by atoms with van der Waals surface area (Å²) in [6.45, 7) is 3.00. The third-order valence-corrected chi connectivity index (χ3v) is 7.19. The van der Waals surface area contributed by atoms with E-state index in [9.17, 15) is 0 Å². The lowest BCUT2D eigenvalue weighted by Gasteiger charge is -2.24. The molecule has 5 rings (SSSR count). The van der Waals surface area contributed by atoms with E-state index in [0.29, 0.717) is 0 Å². The molecule has 2 atom stereocenters. The molecule has 0 radical (unpaired) electrons. The highest BCUT2D eigenvalue weighted by molar-refractivity contribution is 7.98. The first-order valence-corrected chi connectivity index (χ1v) is 13.2. The maximum absolute atomic E-state index is 4.47. The lowest BCUT2D eigenvalue weighted by Crippen LogP contribution is -2.29. The average molecular weight is 475 g/mol. The number of aryl methyl sites for hydroxylation is 3. The van der Waals surface area contributed by atoms with Gasteiger partial charge in [-0.15, -0.1) is 10.2 Å². The Kier molecular flexibility index (Phi) is 7.01. The third kappa shape index (κ3) is 4.90. The van der Waals surface area contributed by atoms with Gasteiger partial charge in [0.1, 0.15) is 0 Å². The Labute approximate surface area is 204 Å². The van der Waals surface area contributed by atoms with Crippen LogP contribution in [0.5, 0.6) is 0 Å². The van der Waals surface area contributed by atoms with E-state index < -0.39 is 0 Å². The number of benzene rings is 2. The van der Waals surface area contributed by atoms with Gasteiger partial charge in [0, 0.05) is 12.6 Å². The van der Waals surface area contributed by atoms with E-state index in [2.05, 4.69) is 86.8 Å². The highest BCUT2D eigenvalue weighted by Crippen LogP contribution is 2.30. The molecule has 0 bridgehead atoms. The van der Waals surface area contributed by atoms with Gasteiger partial charge in [-0.05, 0) is 89.4 Å². The molecular weight excluding hydrogens is 444 g/mol. The number of rotatable bonds is 10. The monoisotopic (exact) mass is 474 g/mol. The molecule has 1 aliphatic carbocycles. The lowest BCUT2D eigenvalue weighted by atomic mass is 9.98. The van der Waals surface area contributed by atoms with Crippen molar-refractivity contribution in [1.29, 1.82) is 0 Å². The number of nitrogens with one attached hydrogen (secondary N) is 1. The minimum Gasteiger partial charge on any atom is -0.297 e. The number of tetrazole rings is 1. The first kappa shape index (κ1) is 22.7. The molecule has 176 valence electrons. The predicted molar refractivity (Wildman–Crippen MR) is 134 cm³/mol. The second-order valence-electron chi connectivity index (χ2n) is 8.75. The fourth-order valence-electron chi connectivity index (χ4n) is 4.64. The summed E-state index contributed by atoms with van der Waals surface area (Å²) in [7, 11) is 0. The zero-order chi connectivity index (χ0) is 23.3. The van der Waals surface area contributed by atoms with Crippen LogP contribution in [0.25, 0.3) is 5.69 Å². The zero-order valence-corrected chi connectivity index (χ0v) is 20.4. The Hall–Kier alpha value is -3.04. The van der Waals surface area contributed by atoms with E-state index in [-0.39, 0.29) is 12.1 Å². The summed E-state index contributed by atoms with van der Waals surface area (Å²) in [5.74, 6) is 1.95. The molecule has 0 fully saturated rings. The minimum atomic E-state index is -0.0971. The molecule has 2 aromatic carbocycles. The fourth-order valence-corrected chi connectivity index (χ4v) is 5.05. The van der Waals surface area contributed by atoms with Gasteiger partial charge in [-0.3, -0.25) is 5.32 Å². The number of aromatic nitrogens is 7. The topological polar surface area (TPSA) is 86.3 Å². The number of hydrogen-bond donors (Lipinski definition) is 1. The smallest absolute Gasteiger partial charge is 0.172 e. The molecule has 2 heterocycles. The van der Waals surface area contributed by atoms with Crippen molar-refractivity contribution in [3.05, 3.63) is 82.9 Å². The molecule has 0 saturated carbocycles. The Bertz CT molecular complexity index is 1200. The van der Waals surface area contributed by atoms with Gasteiger partial charge in [0.2, 0.25) is 0 Å². The molecule has 34 heavy (non-hydrogen) atoms. The van der Waals surface area contributed by atoms with Crippen LogP contribution in [0, 0.1) is 0 Å². The summed E-state index contributed by atoms with van der Waals surface area (Å²) in [6.07, 6.45) is 10.3. The fraction of sp³-hybridized carbons (Fsp3) is 0.400. The standard InChI is InChI=1S/C25H30N8S/c1-18(19-9-11-23(12-10-19)32-15-13-26-30-32)27-24(22-8-7-20-5-3-6-21(20)17-22)25-28-29-31-33(25)14-4-16-34-2/h7-13,15,17-18,24,27H,3-6,14,16H2,1-2H3. The summed E-state index contributed by atoms with van der Waals surface area (Å²) in [4.78, 5) is 0. The van der Waals surface area contributed by atoms with Crippen LogP contribution in [0.4, 0.5) is 0 Å². The van der Waals surface area contributed by atoms with Crippen molar-refractivity contribution in [3.63, 3.8) is 0 Å². The van der Waals surface area contributed by atoms with Crippen molar-refractivity contribution in [3.8, 4) is 5.69 Å². The molecular formula is C25H30N8S. The largest absolute Gasteiger partial charge is 0.297 e. The van der Waals surface area contributed by atoms with Crippen molar-refractivity contribution in [2.75, 3.05) is 12.0 Å². The summed E-state index contributed by atoms with van der Waals surface area (Å²) < 4.78 is 3.72. The van der Waals surface area contributed by atoms with Gasteiger partial charge in [0.15, 0.2) is 5.82 Å². The normalized spacial score (nSPS) is 14.8. The second-order valence-corrected chi connectivity index (χ2v) is 9.73. The highest BCUT2D eigenvalue weighted by Gasteiger charge is 2.25. The molecule has 1 N–H and O–H groups in total. The van der Waals surface area contributed by atoms with E-state index in [4.69, 9.17) is 0 Å². The van der Waals surface area contributed by atoms with Crippen molar-refractivity contribution >= 4 is 11.8 Å². The molecule has 0 spiro atoms. The average Bonchev–Trinajstić information content (AvgIpc) is 3.64. The summed E-state index contributed by atoms with van der Waals surface area (Å²) in [5.41, 5.74) is 6.32. The van der Waals surface area contributed by atoms with Gasteiger partial charge in [-0.1, -0.05) is 35.5 Å². The van der Waals surface area contributed by atoms with Crippen LogP contribution in [0.2, 0.25) is 0 Å². The SMILES string of the molecule is CSCCCn1nnnc1C(NC(C)c1ccc(-n2ccnn2)cc1)c1ccc2c(c1)CCC2. The Morgan fingerprint density at radius 3 is 2.65 bits per heavy atom. The summed E-state index contributed by atoms with van der Waals surface area (Å²) in [6, 6.07) is 15.3. The van der Waals surface area contributed by atoms with Crippen molar-refractivity contribution in [2.45, 2.75) is 51.2 Å². The highest BCUT2D eigenvalue weighted by atomic mass is 32.2. The van der Waals surface area contributed by atoms with Crippen molar-refractivity contribution < 1.29 is 0 Å². The maximum atomic E-state index is 4.47. The van der Waals surface area contributed by atoms with Gasteiger partial charge < -0.3 is 0 Å². The van der Waals surface area contributed by atoms with Crippen LogP contribution in [0.1, 0.15) is 59.9 Å². The van der Waals surface area contributed by atoms with E-state index in [0.717, 1.165) is 36.7 Å². The first-order valence-electron chi connectivity index (χ1n) is 11.8. The number of nitrogens with zero attached hydrogens (tertiary/aromatic N) is 7. The second kappa shape index (κ2) is 10.5. The van der Waals surface area contributed by atoms with Gasteiger partial charge in [-0.25, -0.2) is 9.36 Å². The lowest BCUT2D eigenvalue weighted by molar-refractivity contribution is 0.462. The third-order valence-electron chi connectivity index (χ3n) is 6.49. The molecule has 0 saturated heterocycles. The van der Waals surface area contributed by atoms with Crippen molar-refractivity contribution in [2.24, 2.45) is 0 Å². The molecule has 4 aromatic rings. The van der Waals surface area contributed by atoms with Crippen LogP contribution in [0.3, 0.4) is 0 Å². The van der Waals surface area contributed by atoms with Gasteiger partial charge >= 0.3 is 0 Å². The Morgan fingerprint density at radius 2 is 1.85 bits per heavy atom. The molecule has 0 aliphatic heterocycles. The molecule has 2 unspecified atom stereocenters. The van der Waals surface area contributed by atoms with E-state index in [1.54, 1.807) is 10.9 Å². The van der Waals surface area contributed by atoms with Gasteiger partial charge in [0.25, 0.3) is 0 Å². The quantitative estimate of drug-likeness (QED) is 0.349. The number of fused-ring (bicyclic) bond motifs is 1. The first-order chi connectivity index (χ1) is 16.7. The van der Waals surface area contributed by atoms with Crippen LogP contribution in [-0.4, -0.2) is 47.2 Å². The van der Waals surface area contributed by atoms with Gasteiger partial charge in [-0.2, -0.15) is 11.8 Å². The molecule has 2 aromatic heterocycles. The summed E-state index contributed by atoms with van der Waals surface area (Å²) in [5, 5.41) is 24.6. The van der Waals surface area contributed by atoms with E-state index in [1.807, 2.05) is 22.6 Å². The molecule has 1 aliphatic rings. The van der Waals surface area contributed by atoms with Crippen LogP contribution in [-0.2, 0) is 19.4 Å². The van der Waals surface area contributed by atoms with Gasteiger partial charge in [0.05, 0.1) is 24.1 Å². The van der Waals surface area contributed by atoms with Crippen LogP contribution < -0.4 is 5.32 Å². The van der Waals surface area contributed by atoms with Crippen LogP contribution in [0.15, 0.2) is 54.9 Å². The van der Waals surface area contributed by atoms with E-state index >= 15 is 0 Å². The van der Waals surface area contributed by atoms with Crippen LogP contribution >= 0.6 is 11.8 Å². The van der Waals surface area contributed by atoms with Crippen molar-refractivity contribution in [1.82, 2.24) is 40.5 Å². The summed E-state index contributed by atoms with van der Waals surface area (Å²) >= 11 is 1.85. The minimum absolute atomic E-state index is 0.0967. The predicted octanol–water partition coefficient (Wildman–Crippen LogP) is 3.94. The number of hydrogen-bond acceptors (Lipinski definition) is 7.